The van der Waals surface area contributed by atoms with E-state index in [1.54, 1.807) is 6.20 Å². The summed E-state index contributed by atoms with van der Waals surface area (Å²) in [4.78, 5) is 11.1. The molecule has 2 heterocycles. The molecule has 1 N–H and O–H groups in total. The van der Waals surface area contributed by atoms with Crippen molar-refractivity contribution in [3.05, 3.63) is 36.5 Å². The van der Waals surface area contributed by atoms with Gasteiger partial charge in [-0.1, -0.05) is 12.1 Å². The van der Waals surface area contributed by atoms with E-state index in [4.69, 9.17) is 9.47 Å². The number of ether oxygens (including phenoxy) is 2. The Morgan fingerprint density at radius 2 is 1.96 bits per heavy atom. The van der Waals surface area contributed by atoms with Crippen LogP contribution < -0.4 is 15.0 Å². The minimum atomic E-state index is 0.110. The number of hydrogen-bond acceptors (Lipinski definition) is 6. The van der Waals surface area contributed by atoms with Gasteiger partial charge in [0.1, 0.15) is 11.6 Å². The Morgan fingerprint density at radius 1 is 1.17 bits per heavy atom. The Bertz CT molecular complexity index is 642. The Labute approximate surface area is 136 Å². The van der Waals surface area contributed by atoms with Crippen LogP contribution in [0.5, 0.6) is 5.75 Å². The first-order valence-corrected chi connectivity index (χ1v) is 7.91. The van der Waals surface area contributed by atoms with Crippen LogP contribution in [0.15, 0.2) is 36.5 Å². The maximum absolute atomic E-state index is 5.82. The molecule has 6 nitrogen and oxygen atoms in total. The first-order valence-electron chi connectivity index (χ1n) is 7.91. The molecule has 3 rings (SSSR count). The van der Waals surface area contributed by atoms with E-state index in [0.717, 1.165) is 43.6 Å². The third-order valence-corrected chi connectivity index (χ3v) is 3.47. The highest BCUT2D eigenvalue weighted by molar-refractivity contribution is 5.63. The van der Waals surface area contributed by atoms with Crippen molar-refractivity contribution in [1.82, 2.24) is 9.97 Å². The molecule has 122 valence electrons. The van der Waals surface area contributed by atoms with Crippen LogP contribution in [0.4, 0.5) is 17.5 Å². The Kier molecular flexibility index (Phi) is 4.92. The molecule has 0 bridgehead atoms. The number of hydrogen-bond donors (Lipinski definition) is 1. The van der Waals surface area contributed by atoms with Gasteiger partial charge in [0, 0.05) is 19.3 Å². The van der Waals surface area contributed by atoms with Gasteiger partial charge < -0.3 is 19.7 Å². The fraction of sp³-hybridized carbons (Fsp3) is 0.412. The molecule has 1 aromatic carbocycles. The SMILES string of the molecule is CC(C)Oc1ccccc1Nc1nccc(N2CCOCC2)n1. The molecule has 1 saturated heterocycles. The van der Waals surface area contributed by atoms with E-state index in [-0.39, 0.29) is 6.10 Å². The van der Waals surface area contributed by atoms with Gasteiger partial charge in [-0.05, 0) is 32.0 Å². The fourth-order valence-corrected chi connectivity index (χ4v) is 2.43. The van der Waals surface area contributed by atoms with E-state index < -0.39 is 0 Å². The highest BCUT2D eigenvalue weighted by atomic mass is 16.5. The van der Waals surface area contributed by atoms with Crippen LogP contribution in [-0.2, 0) is 4.74 Å². The molecule has 23 heavy (non-hydrogen) atoms. The predicted octanol–water partition coefficient (Wildman–Crippen LogP) is 2.84. The van der Waals surface area contributed by atoms with Gasteiger partial charge in [-0.3, -0.25) is 0 Å². The number of rotatable bonds is 5. The summed E-state index contributed by atoms with van der Waals surface area (Å²) in [6, 6.07) is 9.74. The van der Waals surface area contributed by atoms with E-state index in [1.165, 1.54) is 0 Å². The summed E-state index contributed by atoms with van der Waals surface area (Å²) in [7, 11) is 0. The normalized spacial score (nSPS) is 14.8. The first kappa shape index (κ1) is 15.6. The molecular weight excluding hydrogens is 292 g/mol. The van der Waals surface area contributed by atoms with Crippen molar-refractivity contribution in [1.29, 1.82) is 0 Å². The van der Waals surface area contributed by atoms with Gasteiger partial charge in [-0.25, -0.2) is 4.98 Å². The number of para-hydroxylation sites is 2. The second-order valence-electron chi connectivity index (χ2n) is 5.63. The Hall–Kier alpha value is -2.34. The Balaban J connectivity index is 1.78. The maximum Gasteiger partial charge on any atom is 0.229 e. The number of nitrogens with zero attached hydrogens (tertiary/aromatic N) is 3. The van der Waals surface area contributed by atoms with Crippen molar-refractivity contribution in [3.63, 3.8) is 0 Å². The lowest BCUT2D eigenvalue weighted by molar-refractivity contribution is 0.122. The quantitative estimate of drug-likeness (QED) is 0.916. The van der Waals surface area contributed by atoms with E-state index in [2.05, 4.69) is 20.2 Å². The van der Waals surface area contributed by atoms with Crippen LogP contribution in [-0.4, -0.2) is 42.4 Å². The summed E-state index contributed by atoms with van der Waals surface area (Å²) in [6.45, 7) is 7.18. The zero-order valence-electron chi connectivity index (χ0n) is 13.5. The lowest BCUT2D eigenvalue weighted by atomic mass is 10.3. The monoisotopic (exact) mass is 314 g/mol. The summed E-state index contributed by atoms with van der Waals surface area (Å²) in [5.74, 6) is 2.27. The molecule has 0 radical (unpaired) electrons. The lowest BCUT2D eigenvalue weighted by Crippen LogP contribution is -2.36. The molecule has 1 aliphatic rings. The van der Waals surface area contributed by atoms with E-state index in [9.17, 15) is 0 Å². The summed E-state index contributed by atoms with van der Waals surface area (Å²) in [5.41, 5.74) is 0.861. The summed E-state index contributed by atoms with van der Waals surface area (Å²) >= 11 is 0. The maximum atomic E-state index is 5.82. The van der Waals surface area contributed by atoms with E-state index in [0.29, 0.717) is 5.95 Å². The predicted molar refractivity (Wildman–Crippen MR) is 90.6 cm³/mol. The van der Waals surface area contributed by atoms with Gasteiger partial charge in [0.15, 0.2) is 0 Å². The van der Waals surface area contributed by atoms with Gasteiger partial charge in [-0.2, -0.15) is 4.98 Å². The number of aromatic nitrogens is 2. The minimum absolute atomic E-state index is 0.110. The van der Waals surface area contributed by atoms with Crippen molar-refractivity contribution in [2.45, 2.75) is 20.0 Å². The molecule has 1 aromatic heterocycles. The molecule has 0 amide bonds. The van der Waals surface area contributed by atoms with Gasteiger partial charge in [-0.15, -0.1) is 0 Å². The molecule has 6 heteroatoms. The van der Waals surface area contributed by atoms with Crippen LogP contribution in [0.25, 0.3) is 0 Å². The highest BCUT2D eigenvalue weighted by Gasteiger charge is 2.13. The second-order valence-corrected chi connectivity index (χ2v) is 5.63. The molecule has 0 aliphatic carbocycles. The van der Waals surface area contributed by atoms with Crippen molar-refractivity contribution < 1.29 is 9.47 Å². The van der Waals surface area contributed by atoms with Gasteiger partial charge in [0.05, 0.1) is 25.0 Å². The van der Waals surface area contributed by atoms with Crippen LogP contribution in [0.3, 0.4) is 0 Å². The first-order chi connectivity index (χ1) is 11.2. The molecule has 0 atom stereocenters. The Morgan fingerprint density at radius 3 is 2.74 bits per heavy atom. The topological polar surface area (TPSA) is 59.5 Å². The summed E-state index contributed by atoms with van der Waals surface area (Å²) < 4.78 is 11.2. The minimum Gasteiger partial charge on any atom is -0.489 e. The van der Waals surface area contributed by atoms with Crippen LogP contribution in [0, 0.1) is 0 Å². The highest BCUT2D eigenvalue weighted by Crippen LogP contribution is 2.27. The number of anilines is 3. The van der Waals surface area contributed by atoms with Crippen molar-refractivity contribution in [2.24, 2.45) is 0 Å². The van der Waals surface area contributed by atoms with Crippen molar-refractivity contribution in [3.8, 4) is 5.75 Å². The lowest BCUT2D eigenvalue weighted by Gasteiger charge is -2.27. The van der Waals surface area contributed by atoms with Gasteiger partial charge in [0.25, 0.3) is 0 Å². The van der Waals surface area contributed by atoms with E-state index in [1.807, 2.05) is 44.2 Å². The summed E-state index contributed by atoms with van der Waals surface area (Å²) in [6.07, 6.45) is 1.88. The molecule has 0 spiro atoms. The average Bonchev–Trinajstić information content (AvgIpc) is 2.57. The van der Waals surface area contributed by atoms with Gasteiger partial charge in [0.2, 0.25) is 5.95 Å². The third kappa shape index (κ3) is 4.10. The van der Waals surface area contributed by atoms with Crippen LogP contribution >= 0.6 is 0 Å². The second kappa shape index (κ2) is 7.28. The largest absolute Gasteiger partial charge is 0.489 e. The zero-order chi connectivity index (χ0) is 16.1. The third-order valence-electron chi connectivity index (χ3n) is 3.47. The molecule has 0 saturated carbocycles. The number of benzene rings is 1. The summed E-state index contributed by atoms with van der Waals surface area (Å²) in [5, 5.41) is 3.25. The van der Waals surface area contributed by atoms with Crippen molar-refractivity contribution >= 4 is 17.5 Å². The average molecular weight is 314 g/mol. The number of nitrogens with one attached hydrogen (secondary N) is 1. The number of morpholine rings is 1. The standard InChI is InChI=1S/C17H22N4O2/c1-13(2)23-15-6-4-3-5-14(15)19-17-18-8-7-16(20-17)21-9-11-22-12-10-21/h3-8,13H,9-12H2,1-2H3,(H,18,19,20). The zero-order valence-corrected chi connectivity index (χ0v) is 13.5. The molecule has 2 aromatic rings. The molecule has 1 aliphatic heterocycles. The molecule has 0 unspecified atom stereocenters. The molecular formula is C17H22N4O2. The van der Waals surface area contributed by atoms with Gasteiger partial charge >= 0.3 is 0 Å². The fourth-order valence-electron chi connectivity index (χ4n) is 2.43. The van der Waals surface area contributed by atoms with Crippen LogP contribution in [0.2, 0.25) is 0 Å². The smallest absolute Gasteiger partial charge is 0.229 e. The molecule has 1 fully saturated rings. The van der Waals surface area contributed by atoms with E-state index >= 15 is 0 Å². The van der Waals surface area contributed by atoms with Crippen molar-refractivity contribution in [2.75, 3.05) is 36.5 Å². The van der Waals surface area contributed by atoms with Crippen LogP contribution in [0.1, 0.15) is 13.8 Å².